The third kappa shape index (κ3) is 2.75. The van der Waals surface area contributed by atoms with Gasteiger partial charge in [0, 0.05) is 0 Å². The lowest BCUT2D eigenvalue weighted by Crippen LogP contribution is -2.12. The number of hydrazine groups is 1. The second-order valence-corrected chi connectivity index (χ2v) is 3.70. The maximum Gasteiger partial charge on any atom is 0.374 e. The summed E-state index contributed by atoms with van der Waals surface area (Å²) >= 11 is 0. The fraction of sp³-hybridized carbons (Fsp3) is 0.0909. The summed E-state index contributed by atoms with van der Waals surface area (Å²) in [7, 11) is 0. The first-order valence-corrected chi connectivity index (χ1v) is 5.32. The number of anilines is 1. The van der Waals surface area contributed by atoms with Gasteiger partial charge in [-0.05, 0) is 24.6 Å². The summed E-state index contributed by atoms with van der Waals surface area (Å²) in [5, 5.41) is 11.0. The topological polar surface area (TPSA) is 116 Å². The van der Waals surface area contributed by atoms with E-state index in [0.717, 1.165) is 11.9 Å². The maximum absolute atomic E-state index is 11.0. The highest BCUT2D eigenvalue weighted by Gasteiger charge is 2.24. The largest absolute Gasteiger partial charge is 0.434 e. The molecule has 0 atom stereocenters. The van der Waals surface area contributed by atoms with Crippen molar-refractivity contribution in [3.05, 3.63) is 46.3 Å². The minimum atomic E-state index is -0.652. The molecule has 0 saturated carbocycles. The smallest absolute Gasteiger partial charge is 0.374 e. The number of nitrogens with zero attached hydrogens (tertiary/aromatic N) is 3. The second-order valence-electron chi connectivity index (χ2n) is 3.70. The first-order chi connectivity index (χ1) is 9.11. The van der Waals surface area contributed by atoms with Crippen LogP contribution < -0.4 is 16.0 Å². The van der Waals surface area contributed by atoms with E-state index in [2.05, 4.69) is 15.4 Å². The van der Waals surface area contributed by atoms with Crippen molar-refractivity contribution >= 4 is 11.5 Å². The van der Waals surface area contributed by atoms with Crippen LogP contribution in [0.3, 0.4) is 0 Å². The zero-order valence-electron chi connectivity index (χ0n) is 10.0. The van der Waals surface area contributed by atoms with Crippen molar-refractivity contribution in [2.75, 3.05) is 5.43 Å². The van der Waals surface area contributed by atoms with Crippen LogP contribution in [0, 0.1) is 17.0 Å². The predicted octanol–water partition coefficient (Wildman–Crippen LogP) is 1.77. The molecule has 0 fully saturated rings. The van der Waals surface area contributed by atoms with Gasteiger partial charge in [0.15, 0.2) is 0 Å². The molecule has 8 nitrogen and oxygen atoms in total. The molecule has 98 valence electrons. The number of ether oxygens (including phenoxy) is 1. The van der Waals surface area contributed by atoms with E-state index in [1.165, 1.54) is 0 Å². The zero-order valence-corrected chi connectivity index (χ0v) is 10.0. The van der Waals surface area contributed by atoms with Crippen molar-refractivity contribution in [2.45, 2.75) is 6.92 Å². The number of nitrogens with one attached hydrogen (secondary N) is 1. The summed E-state index contributed by atoms with van der Waals surface area (Å²) in [5.74, 6) is 5.35. The van der Waals surface area contributed by atoms with Gasteiger partial charge in [0.25, 0.3) is 0 Å². The molecule has 0 bridgehead atoms. The molecule has 0 saturated heterocycles. The number of benzene rings is 1. The molecule has 0 spiro atoms. The van der Waals surface area contributed by atoms with Gasteiger partial charge in [0.1, 0.15) is 12.1 Å². The minimum absolute atomic E-state index is 0.109. The highest BCUT2D eigenvalue weighted by molar-refractivity contribution is 5.61. The van der Waals surface area contributed by atoms with Crippen LogP contribution in [0.5, 0.6) is 11.6 Å². The first kappa shape index (κ1) is 12.7. The van der Waals surface area contributed by atoms with Crippen LogP contribution in [-0.4, -0.2) is 14.9 Å². The van der Waals surface area contributed by atoms with Gasteiger partial charge in [-0.3, -0.25) is 10.1 Å². The standard InChI is InChI=1S/C11H11N5O3/c1-7-3-2-4-8(5-7)19-11-9(16(17)18)10(15-12)13-6-14-11/h2-6H,12H2,1H3,(H,13,14,15). The number of nitro groups is 1. The Labute approximate surface area is 108 Å². The fourth-order valence-electron chi connectivity index (χ4n) is 1.50. The highest BCUT2D eigenvalue weighted by atomic mass is 16.6. The molecule has 8 heteroatoms. The number of hydrogen-bond acceptors (Lipinski definition) is 7. The fourth-order valence-corrected chi connectivity index (χ4v) is 1.50. The quantitative estimate of drug-likeness (QED) is 0.489. The second kappa shape index (κ2) is 5.27. The third-order valence-corrected chi connectivity index (χ3v) is 2.31. The molecular weight excluding hydrogens is 250 g/mol. The molecule has 3 N–H and O–H groups in total. The molecule has 2 aromatic rings. The van der Waals surface area contributed by atoms with Crippen LogP contribution in [0.4, 0.5) is 11.5 Å². The van der Waals surface area contributed by atoms with Gasteiger partial charge >= 0.3 is 11.6 Å². The summed E-state index contributed by atoms with van der Waals surface area (Å²) in [6.07, 6.45) is 1.13. The van der Waals surface area contributed by atoms with E-state index in [9.17, 15) is 10.1 Å². The SMILES string of the molecule is Cc1cccc(Oc2ncnc(NN)c2[N+](=O)[O-])c1. The molecule has 0 radical (unpaired) electrons. The number of aryl methyl sites for hydroxylation is 1. The van der Waals surface area contributed by atoms with Crippen LogP contribution in [0.2, 0.25) is 0 Å². The Kier molecular flexibility index (Phi) is 3.53. The Morgan fingerprint density at radius 2 is 2.21 bits per heavy atom. The Hall–Kier alpha value is -2.74. The Morgan fingerprint density at radius 3 is 2.84 bits per heavy atom. The van der Waals surface area contributed by atoms with Crippen molar-refractivity contribution in [3.63, 3.8) is 0 Å². The van der Waals surface area contributed by atoms with Gasteiger partial charge in [0.2, 0.25) is 5.82 Å². The number of aromatic nitrogens is 2. The molecule has 0 aliphatic carbocycles. The summed E-state index contributed by atoms with van der Waals surface area (Å²) in [6, 6.07) is 7.07. The van der Waals surface area contributed by atoms with Crippen molar-refractivity contribution in [1.29, 1.82) is 0 Å². The molecule has 0 aliphatic rings. The number of hydrogen-bond donors (Lipinski definition) is 2. The van der Waals surface area contributed by atoms with E-state index >= 15 is 0 Å². The van der Waals surface area contributed by atoms with E-state index in [1.54, 1.807) is 18.2 Å². The van der Waals surface area contributed by atoms with Crippen molar-refractivity contribution in [3.8, 4) is 11.6 Å². The Morgan fingerprint density at radius 1 is 1.42 bits per heavy atom. The summed E-state index contributed by atoms with van der Waals surface area (Å²) < 4.78 is 5.41. The highest BCUT2D eigenvalue weighted by Crippen LogP contribution is 2.33. The summed E-state index contributed by atoms with van der Waals surface area (Å²) in [6.45, 7) is 1.88. The molecule has 19 heavy (non-hydrogen) atoms. The van der Waals surface area contributed by atoms with Gasteiger partial charge < -0.3 is 10.2 Å². The van der Waals surface area contributed by atoms with Crippen LogP contribution >= 0.6 is 0 Å². The molecule has 1 heterocycles. The van der Waals surface area contributed by atoms with E-state index in [-0.39, 0.29) is 11.7 Å². The molecule has 0 amide bonds. The lowest BCUT2D eigenvalue weighted by atomic mass is 10.2. The van der Waals surface area contributed by atoms with E-state index in [0.29, 0.717) is 5.75 Å². The molecule has 1 aromatic carbocycles. The number of rotatable bonds is 4. The Bertz CT molecular complexity index is 617. The average Bonchev–Trinajstić information content (AvgIpc) is 2.38. The van der Waals surface area contributed by atoms with E-state index < -0.39 is 10.6 Å². The molecule has 1 aromatic heterocycles. The first-order valence-electron chi connectivity index (χ1n) is 5.32. The van der Waals surface area contributed by atoms with Crippen LogP contribution in [-0.2, 0) is 0 Å². The maximum atomic E-state index is 11.0. The van der Waals surface area contributed by atoms with Gasteiger partial charge in [0.05, 0.1) is 4.92 Å². The normalized spacial score (nSPS) is 10.0. The van der Waals surface area contributed by atoms with Crippen LogP contribution in [0.1, 0.15) is 5.56 Å². The van der Waals surface area contributed by atoms with E-state index in [1.807, 2.05) is 13.0 Å². The van der Waals surface area contributed by atoms with Crippen molar-refractivity contribution in [2.24, 2.45) is 5.84 Å². The van der Waals surface area contributed by atoms with Crippen LogP contribution in [0.25, 0.3) is 0 Å². The predicted molar refractivity (Wildman–Crippen MR) is 67.7 cm³/mol. The number of nitrogen functional groups attached to an aromatic ring is 1. The molecule has 0 unspecified atom stereocenters. The average molecular weight is 261 g/mol. The molecule has 0 aliphatic heterocycles. The third-order valence-electron chi connectivity index (χ3n) is 2.31. The minimum Gasteiger partial charge on any atom is -0.434 e. The monoisotopic (exact) mass is 261 g/mol. The van der Waals surface area contributed by atoms with Gasteiger partial charge in [-0.25, -0.2) is 10.8 Å². The van der Waals surface area contributed by atoms with Gasteiger partial charge in [-0.1, -0.05) is 12.1 Å². The lowest BCUT2D eigenvalue weighted by molar-refractivity contribution is -0.385. The summed E-state index contributed by atoms with van der Waals surface area (Å²) in [5.41, 5.74) is 2.70. The lowest BCUT2D eigenvalue weighted by Gasteiger charge is -2.07. The van der Waals surface area contributed by atoms with Crippen LogP contribution in [0.15, 0.2) is 30.6 Å². The van der Waals surface area contributed by atoms with Crippen molar-refractivity contribution in [1.82, 2.24) is 9.97 Å². The number of nitrogens with two attached hydrogens (primary N) is 1. The van der Waals surface area contributed by atoms with Gasteiger partial charge in [-0.15, -0.1) is 0 Å². The molecular formula is C11H11N5O3. The zero-order chi connectivity index (χ0) is 13.8. The van der Waals surface area contributed by atoms with Gasteiger partial charge in [-0.2, -0.15) is 4.98 Å². The Balaban J connectivity index is 2.42. The van der Waals surface area contributed by atoms with Crippen molar-refractivity contribution < 1.29 is 9.66 Å². The molecule has 2 rings (SSSR count). The summed E-state index contributed by atoms with van der Waals surface area (Å²) in [4.78, 5) is 17.8. The van der Waals surface area contributed by atoms with E-state index in [4.69, 9.17) is 10.6 Å².